The van der Waals surface area contributed by atoms with Crippen LogP contribution in [0.4, 0.5) is 30.4 Å². The molecule has 174 valence electrons. The molecule has 1 aromatic heterocycles. The number of amides is 1. The van der Waals surface area contributed by atoms with Gasteiger partial charge in [-0.25, -0.2) is 9.38 Å². The fraction of sp³-hybridized carbons (Fsp3) is 0.208. The van der Waals surface area contributed by atoms with E-state index in [-0.39, 0.29) is 18.9 Å². The molecule has 0 saturated carbocycles. The number of nitrogens with one attached hydrogen (secondary N) is 2. The highest BCUT2D eigenvalue weighted by Crippen LogP contribution is 2.31. The number of anilines is 3. The molecular weight excluding hydrogens is 447 g/mol. The van der Waals surface area contributed by atoms with E-state index in [2.05, 4.69) is 20.6 Å². The van der Waals surface area contributed by atoms with Gasteiger partial charge < -0.3 is 20.3 Å². The standard InChI is InChI=1S/C24H20F3N5O2/c25-17-20(18(26)23(31-21(17)27)32-10-12-34-13-11-32)30-22-24(33)28-16-9-5-4-8-15(16)19(29-22)14-6-2-1-3-7-14/h1-9,22H,10-13H2,(H,28,33)(H,30,31). The summed E-state index contributed by atoms with van der Waals surface area (Å²) in [6.07, 6.45) is -1.44. The smallest absolute Gasteiger partial charge is 0.269 e. The number of morpholine rings is 1. The number of rotatable bonds is 4. The molecule has 3 aromatic rings. The number of halogens is 3. The summed E-state index contributed by atoms with van der Waals surface area (Å²) in [6, 6.07) is 16.1. The number of fused-ring (bicyclic) bond motifs is 1. The van der Waals surface area contributed by atoms with Gasteiger partial charge in [0.25, 0.3) is 11.9 Å². The van der Waals surface area contributed by atoms with Crippen molar-refractivity contribution in [3.05, 3.63) is 83.3 Å². The molecule has 0 radical (unpaired) electrons. The van der Waals surface area contributed by atoms with Crippen molar-refractivity contribution in [2.75, 3.05) is 41.8 Å². The number of aliphatic imine (C=N–C) groups is 1. The largest absolute Gasteiger partial charge is 0.378 e. The Labute approximate surface area is 193 Å². The molecule has 2 aliphatic heterocycles. The van der Waals surface area contributed by atoms with Gasteiger partial charge in [0.05, 0.1) is 24.6 Å². The van der Waals surface area contributed by atoms with E-state index in [1.807, 2.05) is 30.3 Å². The molecule has 1 fully saturated rings. The zero-order valence-electron chi connectivity index (χ0n) is 17.9. The first-order chi connectivity index (χ1) is 16.5. The minimum absolute atomic E-state index is 0.268. The third-order valence-corrected chi connectivity index (χ3v) is 5.61. The molecule has 2 aliphatic rings. The van der Waals surface area contributed by atoms with Crippen LogP contribution in [0.5, 0.6) is 0 Å². The number of carbonyl (C=O) groups excluding carboxylic acids is 1. The van der Waals surface area contributed by atoms with Crippen LogP contribution < -0.4 is 15.5 Å². The second-order valence-electron chi connectivity index (χ2n) is 7.75. The molecule has 7 nitrogen and oxygen atoms in total. The van der Waals surface area contributed by atoms with Gasteiger partial charge in [0.1, 0.15) is 5.69 Å². The Morgan fingerprint density at radius 3 is 2.44 bits per heavy atom. The zero-order chi connectivity index (χ0) is 23.7. The van der Waals surface area contributed by atoms with Crippen LogP contribution in [0.2, 0.25) is 0 Å². The molecular formula is C24H20F3N5O2. The number of ether oxygens (including phenoxy) is 1. The predicted molar refractivity (Wildman–Crippen MR) is 122 cm³/mol. The van der Waals surface area contributed by atoms with Crippen molar-refractivity contribution in [2.24, 2.45) is 4.99 Å². The van der Waals surface area contributed by atoms with E-state index in [9.17, 15) is 13.6 Å². The summed E-state index contributed by atoms with van der Waals surface area (Å²) >= 11 is 0. The van der Waals surface area contributed by atoms with Gasteiger partial charge in [-0.2, -0.15) is 13.8 Å². The van der Waals surface area contributed by atoms with Crippen molar-refractivity contribution < 1.29 is 22.7 Å². The Morgan fingerprint density at radius 2 is 1.68 bits per heavy atom. The fourth-order valence-corrected chi connectivity index (χ4v) is 3.93. The molecule has 5 rings (SSSR count). The Kier molecular flexibility index (Phi) is 5.89. The molecule has 0 bridgehead atoms. The number of benzodiazepines with no additional fused rings is 1. The molecule has 1 atom stereocenters. The van der Waals surface area contributed by atoms with Gasteiger partial charge in [-0.05, 0) is 6.07 Å². The second-order valence-corrected chi connectivity index (χ2v) is 7.75. The van der Waals surface area contributed by atoms with E-state index in [1.54, 1.807) is 24.3 Å². The van der Waals surface area contributed by atoms with Gasteiger partial charge in [-0.3, -0.25) is 4.79 Å². The van der Waals surface area contributed by atoms with Crippen LogP contribution in [-0.4, -0.2) is 49.1 Å². The van der Waals surface area contributed by atoms with E-state index in [1.165, 1.54) is 4.90 Å². The van der Waals surface area contributed by atoms with Crippen LogP contribution in [0.15, 0.2) is 59.6 Å². The van der Waals surface area contributed by atoms with Gasteiger partial charge in [0.2, 0.25) is 5.82 Å². The lowest BCUT2D eigenvalue weighted by Gasteiger charge is -2.29. The highest BCUT2D eigenvalue weighted by Gasteiger charge is 2.31. The van der Waals surface area contributed by atoms with Gasteiger partial charge in [-0.15, -0.1) is 0 Å². The van der Waals surface area contributed by atoms with Gasteiger partial charge in [0, 0.05) is 24.2 Å². The van der Waals surface area contributed by atoms with Crippen molar-refractivity contribution in [3.8, 4) is 0 Å². The predicted octanol–water partition coefficient (Wildman–Crippen LogP) is 3.56. The normalized spacial score (nSPS) is 18.0. The molecule has 0 spiro atoms. The number of para-hydroxylation sites is 1. The number of benzene rings is 2. The molecule has 1 unspecified atom stereocenters. The van der Waals surface area contributed by atoms with Crippen LogP contribution >= 0.6 is 0 Å². The third-order valence-electron chi connectivity index (χ3n) is 5.61. The molecule has 3 heterocycles. The lowest BCUT2D eigenvalue weighted by molar-refractivity contribution is -0.116. The Morgan fingerprint density at radius 1 is 0.971 bits per heavy atom. The molecule has 0 aliphatic carbocycles. The summed E-state index contributed by atoms with van der Waals surface area (Å²) in [5, 5.41) is 5.20. The minimum Gasteiger partial charge on any atom is -0.378 e. The number of hydrogen-bond donors (Lipinski definition) is 2. The number of nitrogens with zero attached hydrogens (tertiary/aromatic N) is 3. The Bertz CT molecular complexity index is 1260. The average molecular weight is 467 g/mol. The fourth-order valence-electron chi connectivity index (χ4n) is 3.93. The van der Waals surface area contributed by atoms with E-state index < -0.39 is 35.3 Å². The first-order valence-corrected chi connectivity index (χ1v) is 10.7. The molecule has 1 saturated heterocycles. The van der Waals surface area contributed by atoms with Crippen LogP contribution in [0.3, 0.4) is 0 Å². The van der Waals surface area contributed by atoms with Crippen molar-refractivity contribution in [1.29, 1.82) is 0 Å². The van der Waals surface area contributed by atoms with Crippen molar-refractivity contribution in [3.63, 3.8) is 0 Å². The minimum atomic E-state index is -1.53. The number of aromatic nitrogens is 1. The summed E-state index contributed by atoms with van der Waals surface area (Å²) in [5.74, 6) is -5.11. The summed E-state index contributed by atoms with van der Waals surface area (Å²) in [5.41, 5.74) is 1.47. The summed E-state index contributed by atoms with van der Waals surface area (Å²) in [7, 11) is 0. The van der Waals surface area contributed by atoms with Gasteiger partial charge >= 0.3 is 0 Å². The Balaban J connectivity index is 1.58. The van der Waals surface area contributed by atoms with E-state index in [0.717, 1.165) is 0 Å². The average Bonchev–Trinajstić information content (AvgIpc) is 3.01. The lowest BCUT2D eigenvalue weighted by Crippen LogP contribution is -2.38. The van der Waals surface area contributed by atoms with E-state index in [0.29, 0.717) is 35.7 Å². The molecule has 1 amide bonds. The molecule has 34 heavy (non-hydrogen) atoms. The maximum absolute atomic E-state index is 15.4. The summed E-state index contributed by atoms with van der Waals surface area (Å²) in [4.78, 5) is 22.4. The lowest BCUT2D eigenvalue weighted by atomic mass is 10.0. The topological polar surface area (TPSA) is 78.8 Å². The van der Waals surface area contributed by atoms with Gasteiger partial charge in [0.15, 0.2) is 17.8 Å². The quantitative estimate of drug-likeness (QED) is 0.574. The monoisotopic (exact) mass is 467 g/mol. The SMILES string of the molecule is O=C1Nc2ccccc2C(c2ccccc2)=NC1Nc1c(F)c(F)nc(N2CCOCC2)c1F. The third kappa shape index (κ3) is 4.08. The maximum atomic E-state index is 15.4. The van der Waals surface area contributed by atoms with Crippen LogP contribution in [0.1, 0.15) is 11.1 Å². The molecule has 10 heteroatoms. The number of carbonyl (C=O) groups is 1. The van der Waals surface area contributed by atoms with E-state index in [4.69, 9.17) is 4.74 Å². The van der Waals surface area contributed by atoms with E-state index >= 15 is 4.39 Å². The van der Waals surface area contributed by atoms with Crippen LogP contribution in [0, 0.1) is 17.6 Å². The first kappa shape index (κ1) is 21.9. The maximum Gasteiger partial charge on any atom is 0.269 e. The first-order valence-electron chi connectivity index (χ1n) is 10.7. The van der Waals surface area contributed by atoms with Gasteiger partial charge in [-0.1, -0.05) is 48.5 Å². The van der Waals surface area contributed by atoms with Crippen molar-refractivity contribution >= 4 is 28.8 Å². The number of pyridine rings is 1. The zero-order valence-corrected chi connectivity index (χ0v) is 17.9. The van der Waals surface area contributed by atoms with Crippen molar-refractivity contribution in [2.45, 2.75) is 6.17 Å². The second kappa shape index (κ2) is 9.14. The summed E-state index contributed by atoms with van der Waals surface area (Å²) < 4.78 is 49.7. The summed E-state index contributed by atoms with van der Waals surface area (Å²) in [6.45, 7) is 1.14. The number of hydrogen-bond acceptors (Lipinski definition) is 6. The van der Waals surface area contributed by atoms with Crippen molar-refractivity contribution in [1.82, 2.24) is 4.98 Å². The Hall–Kier alpha value is -3.92. The van der Waals surface area contributed by atoms with Crippen LogP contribution in [-0.2, 0) is 9.53 Å². The highest BCUT2D eigenvalue weighted by molar-refractivity contribution is 6.19. The molecule has 2 aromatic carbocycles. The highest BCUT2D eigenvalue weighted by atomic mass is 19.2. The van der Waals surface area contributed by atoms with Crippen LogP contribution in [0.25, 0.3) is 0 Å². The molecule has 2 N–H and O–H groups in total.